The van der Waals surface area contributed by atoms with Gasteiger partial charge in [0.25, 0.3) is 0 Å². The molecule has 0 aromatic rings. The Hall–Kier alpha value is -0.370. The van der Waals surface area contributed by atoms with E-state index in [0.717, 1.165) is 43.4 Å². The van der Waals surface area contributed by atoms with Gasteiger partial charge in [-0.1, -0.05) is 20.8 Å². The van der Waals surface area contributed by atoms with Gasteiger partial charge < -0.3 is 5.11 Å². The Kier molecular flexibility index (Phi) is 3.32. The summed E-state index contributed by atoms with van der Waals surface area (Å²) in [5, 5.41) is 10.1. The number of aliphatic hydroxyl groups is 1. The minimum absolute atomic E-state index is 0.0159. The van der Waals surface area contributed by atoms with Crippen molar-refractivity contribution in [3.8, 4) is 0 Å². The van der Waals surface area contributed by atoms with E-state index in [2.05, 4.69) is 20.8 Å². The van der Waals surface area contributed by atoms with Crippen molar-refractivity contribution in [1.29, 1.82) is 0 Å². The Balaban J connectivity index is 1.64. The van der Waals surface area contributed by atoms with Crippen LogP contribution in [0.15, 0.2) is 0 Å². The minimum atomic E-state index is -0.0587. The molecule has 0 heterocycles. The van der Waals surface area contributed by atoms with E-state index in [1.165, 1.54) is 25.7 Å². The third-order valence-electron chi connectivity index (χ3n) is 8.65. The van der Waals surface area contributed by atoms with Crippen LogP contribution in [0, 0.1) is 40.4 Å². The summed E-state index contributed by atoms with van der Waals surface area (Å²) in [6, 6.07) is 0. The minimum Gasteiger partial charge on any atom is -0.393 e. The van der Waals surface area contributed by atoms with E-state index >= 15 is 0 Å². The van der Waals surface area contributed by atoms with Crippen LogP contribution in [0.2, 0.25) is 0 Å². The number of hydrogen-bond acceptors (Lipinski definition) is 2. The predicted molar refractivity (Wildman–Crippen MR) is 87.3 cm³/mol. The summed E-state index contributed by atoms with van der Waals surface area (Å²) in [5.74, 6) is 3.77. The summed E-state index contributed by atoms with van der Waals surface area (Å²) in [4.78, 5) is 12.7. The Labute approximate surface area is 135 Å². The molecule has 4 fully saturated rings. The van der Waals surface area contributed by atoms with Gasteiger partial charge in [-0.3, -0.25) is 4.79 Å². The molecule has 0 spiro atoms. The summed E-state index contributed by atoms with van der Waals surface area (Å²) in [7, 11) is 0. The standard InChI is InChI=1S/C20H32O2/c1-12-10-17-15-5-4-13-11-14(21)6-8-19(13,2)16(15)7-9-20(17,3)18(12)22/h12-17,21H,4-11H2,1-3H3/t12?,13?,14?,15-,16-,17+,19+,20+/m1/s1. The van der Waals surface area contributed by atoms with Crippen molar-refractivity contribution in [2.45, 2.75) is 78.2 Å². The van der Waals surface area contributed by atoms with Crippen LogP contribution < -0.4 is 0 Å². The molecule has 0 saturated heterocycles. The highest BCUT2D eigenvalue weighted by Gasteiger charge is 2.61. The molecule has 3 unspecified atom stereocenters. The quantitative estimate of drug-likeness (QED) is 0.728. The van der Waals surface area contributed by atoms with Crippen molar-refractivity contribution in [2.75, 3.05) is 0 Å². The van der Waals surface area contributed by atoms with E-state index in [1.807, 2.05) is 0 Å². The molecule has 0 amide bonds. The lowest BCUT2D eigenvalue weighted by Crippen LogP contribution is -2.54. The van der Waals surface area contributed by atoms with Crippen molar-refractivity contribution in [2.24, 2.45) is 40.4 Å². The van der Waals surface area contributed by atoms with Crippen LogP contribution >= 0.6 is 0 Å². The maximum atomic E-state index is 12.7. The number of ketones is 1. The monoisotopic (exact) mass is 304 g/mol. The topological polar surface area (TPSA) is 37.3 Å². The van der Waals surface area contributed by atoms with E-state index in [-0.39, 0.29) is 17.4 Å². The van der Waals surface area contributed by atoms with Gasteiger partial charge in [0, 0.05) is 11.3 Å². The van der Waals surface area contributed by atoms with E-state index in [9.17, 15) is 9.90 Å². The molecule has 22 heavy (non-hydrogen) atoms. The molecule has 8 atom stereocenters. The number of hydrogen-bond donors (Lipinski definition) is 1. The molecule has 4 aliphatic rings. The van der Waals surface area contributed by atoms with Gasteiger partial charge >= 0.3 is 0 Å². The molecule has 124 valence electrons. The van der Waals surface area contributed by atoms with E-state index in [1.54, 1.807) is 0 Å². The fraction of sp³-hybridized carbons (Fsp3) is 0.950. The number of fused-ring (bicyclic) bond motifs is 5. The van der Waals surface area contributed by atoms with Crippen LogP contribution in [0.25, 0.3) is 0 Å². The summed E-state index contributed by atoms with van der Waals surface area (Å²) in [6.07, 6.45) is 9.25. The zero-order valence-corrected chi connectivity index (χ0v) is 14.5. The highest BCUT2D eigenvalue weighted by Crippen LogP contribution is 2.66. The third kappa shape index (κ3) is 1.85. The molecule has 0 aliphatic heterocycles. The maximum Gasteiger partial charge on any atom is 0.141 e. The fourth-order valence-corrected chi connectivity index (χ4v) is 7.35. The number of Topliss-reactive ketones (excluding diaryl/α,β-unsaturated/α-hetero) is 1. The van der Waals surface area contributed by atoms with Crippen LogP contribution in [-0.2, 0) is 4.79 Å². The predicted octanol–water partition coefficient (Wildman–Crippen LogP) is 4.21. The molecule has 1 N–H and O–H groups in total. The average Bonchev–Trinajstić information content (AvgIpc) is 2.72. The Morgan fingerprint density at radius 1 is 1.00 bits per heavy atom. The first-order valence-corrected chi connectivity index (χ1v) is 9.58. The molecule has 2 nitrogen and oxygen atoms in total. The van der Waals surface area contributed by atoms with Gasteiger partial charge in [-0.2, -0.15) is 0 Å². The van der Waals surface area contributed by atoms with Crippen molar-refractivity contribution in [3.63, 3.8) is 0 Å². The van der Waals surface area contributed by atoms with Crippen molar-refractivity contribution in [1.82, 2.24) is 0 Å². The first-order chi connectivity index (χ1) is 10.4. The van der Waals surface area contributed by atoms with E-state index in [0.29, 0.717) is 17.1 Å². The average molecular weight is 304 g/mol. The number of aliphatic hydroxyl groups excluding tert-OH is 1. The zero-order chi connectivity index (χ0) is 15.7. The van der Waals surface area contributed by atoms with Gasteiger partial charge in [0.15, 0.2) is 0 Å². The lowest BCUT2D eigenvalue weighted by molar-refractivity contribution is -0.143. The van der Waals surface area contributed by atoms with Crippen LogP contribution in [0.4, 0.5) is 0 Å². The lowest BCUT2D eigenvalue weighted by atomic mass is 9.45. The van der Waals surface area contributed by atoms with Gasteiger partial charge in [-0.25, -0.2) is 0 Å². The zero-order valence-electron chi connectivity index (χ0n) is 14.5. The number of carbonyl (C=O) groups excluding carboxylic acids is 1. The maximum absolute atomic E-state index is 12.7. The first-order valence-electron chi connectivity index (χ1n) is 9.58. The van der Waals surface area contributed by atoms with Gasteiger partial charge in [0.2, 0.25) is 0 Å². The summed E-state index contributed by atoms with van der Waals surface area (Å²) < 4.78 is 0. The van der Waals surface area contributed by atoms with Crippen LogP contribution in [0.1, 0.15) is 72.1 Å². The van der Waals surface area contributed by atoms with Crippen molar-refractivity contribution < 1.29 is 9.90 Å². The molecule has 0 aromatic heterocycles. The first kappa shape index (κ1) is 15.2. The van der Waals surface area contributed by atoms with Gasteiger partial charge in [0.05, 0.1) is 6.10 Å². The van der Waals surface area contributed by atoms with Crippen LogP contribution in [-0.4, -0.2) is 17.0 Å². The number of rotatable bonds is 0. The fourth-order valence-electron chi connectivity index (χ4n) is 7.35. The highest BCUT2D eigenvalue weighted by atomic mass is 16.3. The second-order valence-corrected chi connectivity index (χ2v) is 9.54. The van der Waals surface area contributed by atoms with Gasteiger partial charge in [-0.15, -0.1) is 0 Å². The van der Waals surface area contributed by atoms with Gasteiger partial charge in [-0.05, 0) is 80.5 Å². The second-order valence-electron chi connectivity index (χ2n) is 9.54. The lowest BCUT2D eigenvalue weighted by Gasteiger charge is -2.60. The van der Waals surface area contributed by atoms with Gasteiger partial charge in [0.1, 0.15) is 5.78 Å². The number of carbonyl (C=O) groups is 1. The highest BCUT2D eigenvalue weighted by molar-refractivity contribution is 5.89. The molecule has 0 bridgehead atoms. The molecule has 4 rings (SSSR count). The summed E-state index contributed by atoms with van der Waals surface area (Å²) in [6.45, 7) is 6.95. The Morgan fingerprint density at radius 2 is 1.77 bits per heavy atom. The third-order valence-corrected chi connectivity index (χ3v) is 8.65. The van der Waals surface area contributed by atoms with Crippen LogP contribution in [0.5, 0.6) is 0 Å². The molecule has 2 heteroatoms. The van der Waals surface area contributed by atoms with Crippen molar-refractivity contribution in [3.05, 3.63) is 0 Å². The largest absolute Gasteiger partial charge is 0.393 e. The molecule has 4 saturated carbocycles. The Morgan fingerprint density at radius 3 is 2.55 bits per heavy atom. The molecule has 0 aromatic carbocycles. The normalized spacial score (nSPS) is 57.9. The van der Waals surface area contributed by atoms with E-state index < -0.39 is 0 Å². The van der Waals surface area contributed by atoms with Crippen molar-refractivity contribution >= 4 is 5.78 Å². The summed E-state index contributed by atoms with van der Waals surface area (Å²) >= 11 is 0. The summed E-state index contributed by atoms with van der Waals surface area (Å²) in [5.41, 5.74) is 0.413. The molecular weight excluding hydrogens is 272 g/mol. The molecule has 0 radical (unpaired) electrons. The SMILES string of the molecule is CC1C[C@H]2[C@@H]3CCC4CC(O)CC[C@]4(C)[C@@H]3CC[C@]2(C)C1=O. The Bertz CT molecular complexity index is 486. The van der Waals surface area contributed by atoms with Crippen LogP contribution in [0.3, 0.4) is 0 Å². The second kappa shape index (κ2) is 4.82. The molecular formula is C20H32O2. The smallest absolute Gasteiger partial charge is 0.141 e. The molecule has 4 aliphatic carbocycles. The van der Waals surface area contributed by atoms with E-state index in [4.69, 9.17) is 0 Å².